The van der Waals surface area contributed by atoms with Gasteiger partial charge in [-0.25, -0.2) is 8.42 Å². The Kier molecular flexibility index (Phi) is 10.9. The van der Waals surface area contributed by atoms with Gasteiger partial charge in [-0.15, -0.1) is 0 Å². The molecule has 0 spiro atoms. The highest BCUT2D eigenvalue weighted by Crippen LogP contribution is 2.22. The molecule has 0 radical (unpaired) electrons. The first-order valence-electron chi connectivity index (χ1n) is 11.5. The third-order valence-electron chi connectivity index (χ3n) is 5.50. The predicted octanol–water partition coefficient (Wildman–Crippen LogP) is 3.84. The minimum Gasteiger partial charge on any atom is -0.497 e. The first-order valence-corrected chi connectivity index (χ1v) is 13.8. The van der Waals surface area contributed by atoms with E-state index in [2.05, 4.69) is 5.32 Å². The molecule has 0 saturated heterocycles. The topological polar surface area (TPSA) is 96.0 Å². The van der Waals surface area contributed by atoms with Gasteiger partial charge in [-0.3, -0.25) is 13.9 Å². The smallest absolute Gasteiger partial charge is 0.244 e. The summed E-state index contributed by atoms with van der Waals surface area (Å²) in [5.74, 6) is -0.144. The van der Waals surface area contributed by atoms with Crippen molar-refractivity contribution < 1.29 is 22.7 Å². The summed E-state index contributed by atoms with van der Waals surface area (Å²) in [5, 5.41) is 3.34. The van der Waals surface area contributed by atoms with Crippen LogP contribution in [0.3, 0.4) is 0 Å². The van der Waals surface area contributed by atoms with E-state index in [-0.39, 0.29) is 12.5 Å². The van der Waals surface area contributed by atoms with Crippen LogP contribution in [0.2, 0.25) is 5.02 Å². The number of halogens is 1. The molecule has 0 bridgehead atoms. The van der Waals surface area contributed by atoms with Crippen LogP contribution in [0.4, 0.5) is 5.69 Å². The first-order chi connectivity index (χ1) is 16.6. The van der Waals surface area contributed by atoms with Crippen molar-refractivity contribution in [1.29, 1.82) is 0 Å². The SMILES string of the molecule is CCCCNC(=O)C(CC)N(Cc1cccc(OC)c1)C(=O)CN(c1ccc(Cl)cc1)S(C)(=O)=O. The number of unbranched alkanes of at least 4 members (excludes halogenated alkanes) is 1. The summed E-state index contributed by atoms with van der Waals surface area (Å²) < 4.78 is 31.5. The predicted molar refractivity (Wildman–Crippen MR) is 139 cm³/mol. The number of nitrogens with one attached hydrogen (secondary N) is 1. The van der Waals surface area contributed by atoms with Gasteiger partial charge >= 0.3 is 0 Å². The van der Waals surface area contributed by atoms with Crippen molar-refractivity contribution in [3.63, 3.8) is 0 Å². The van der Waals surface area contributed by atoms with Crippen LogP contribution in [-0.4, -0.2) is 57.6 Å². The van der Waals surface area contributed by atoms with Gasteiger partial charge in [0.25, 0.3) is 0 Å². The molecule has 1 unspecified atom stereocenters. The molecule has 1 atom stereocenters. The molecule has 8 nitrogen and oxygen atoms in total. The van der Waals surface area contributed by atoms with Crippen LogP contribution in [0.5, 0.6) is 5.75 Å². The molecule has 0 aliphatic carbocycles. The standard InChI is InChI=1S/C25H34ClN3O5S/c1-5-7-15-27-25(31)23(6-2)28(17-19-9-8-10-22(16-19)34-3)24(30)18-29(35(4,32)33)21-13-11-20(26)12-14-21/h8-14,16,23H,5-7,15,17-18H2,1-4H3,(H,27,31). The summed E-state index contributed by atoms with van der Waals surface area (Å²) >= 11 is 5.95. The number of sulfonamides is 1. The zero-order chi connectivity index (χ0) is 26.0. The molecule has 35 heavy (non-hydrogen) atoms. The number of ether oxygens (including phenoxy) is 1. The van der Waals surface area contributed by atoms with Crippen molar-refractivity contribution in [2.45, 2.75) is 45.7 Å². The van der Waals surface area contributed by atoms with Crippen molar-refractivity contribution in [2.75, 3.05) is 30.8 Å². The molecule has 2 aromatic carbocycles. The van der Waals surface area contributed by atoms with Crippen molar-refractivity contribution >= 4 is 39.1 Å². The minimum atomic E-state index is -3.79. The molecule has 1 N–H and O–H groups in total. The van der Waals surface area contributed by atoms with Crippen LogP contribution in [0.1, 0.15) is 38.7 Å². The summed E-state index contributed by atoms with van der Waals surface area (Å²) in [6, 6.07) is 12.6. The second-order valence-electron chi connectivity index (χ2n) is 8.19. The fourth-order valence-corrected chi connectivity index (χ4v) is 4.59. The van der Waals surface area contributed by atoms with Gasteiger partial charge in [0.2, 0.25) is 21.8 Å². The minimum absolute atomic E-state index is 0.119. The highest BCUT2D eigenvalue weighted by Gasteiger charge is 2.31. The number of methoxy groups -OCH3 is 1. The maximum absolute atomic E-state index is 13.6. The Labute approximate surface area is 213 Å². The van der Waals surface area contributed by atoms with E-state index in [4.69, 9.17) is 16.3 Å². The van der Waals surface area contributed by atoms with E-state index < -0.39 is 28.5 Å². The molecule has 0 saturated carbocycles. The molecule has 0 fully saturated rings. The van der Waals surface area contributed by atoms with Crippen LogP contribution < -0.4 is 14.4 Å². The average Bonchev–Trinajstić information content (AvgIpc) is 2.82. The van der Waals surface area contributed by atoms with Crippen LogP contribution in [0, 0.1) is 0 Å². The van der Waals surface area contributed by atoms with Gasteiger partial charge in [0.15, 0.2) is 0 Å². The van der Waals surface area contributed by atoms with Gasteiger partial charge in [-0.05, 0) is 54.8 Å². The summed E-state index contributed by atoms with van der Waals surface area (Å²) in [6.45, 7) is 4.02. The van der Waals surface area contributed by atoms with Gasteiger partial charge < -0.3 is 15.0 Å². The third-order valence-corrected chi connectivity index (χ3v) is 6.89. The van der Waals surface area contributed by atoms with E-state index in [9.17, 15) is 18.0 Å². The fraction of sp³-hybridized carbons (Fsp3) is 0.440. The number of rotatable bonds is 13. The molecule has 2 amide bonds. The average molecular weight is 524 g/mol. The van der Waals surface area contributed by atoms with Crippen LogP contribution in [-0.2, 0) is 26.2 Å². The lowest BCUT2D eigenvalue weighted by Gasteiger charge is -2.33. The van der Waals surface area contributed by atoms with Gasteiger partial charge in [0.05, 0.1) is 19.1 Å². The third kappa shape index (κ3) is 8.43. The van der Waals surface area contributed by atoms with Gasteiger partial charge in [0, 0.05) is 18.1 Å². The number of anilines is 1. The Balaban J connectivity index is 2.40. The number of hydrogen-bond donors (Lipinski definition) is 1. The number of hydrogen-bond acceptors (Lipinski definition) is 5. The maximum Gasteiger partial charge on any atom is 0.244 e. The lowest BCUT2D eigenvalue weighted by atomic mass is 10.1. The molecular formula is C25H34ClN3O5S. The molecule has 192 valence electrons. The summed E-state index contributed by atoms with van der Waals surface area (Å²) in [5.41, 5.74) is 1.07. The van der Waals surface area contributed by atoms with Crippen LogP contribution in [0.25, 0.3) is 0 Å². The summed E-state index contributed by atoms with van der Waals surface area (Å²) in [6.07, 6.45) is 3.15. The van der Waals surface area contributed by atoms with E-state index in [0.29, 0.717) is 29.4 Å². The second-order valence-corrected chi connectivity index (χ2v) is 10.5. The molecule has 0 aliphatic heterocycles. The zero-order valence-corrected chi connectivity index (χ0v) is 22.2. The van der Waals surface area contributed by atoms with Crippen molar-refractivity contribution in [3.8, 4) is 5.75 Å². The molecule has 0 aromatic heterocycles. The second kappa shape index (κ2) is 13.3. The lowest BCUT2D eigenvalue weighted by Crippen LogP contribution is -2.52. The molecule has 2 rings (SSSR count). The number of nitrogens with zero attached hydrogens (tertiary/aromatic N) is 2. The highest BCUT2D eigenvalue weighted by atomic mass is 35.5. The van der Waals surface area contributed by atoms with E-state index in [1.807, 2.05) is 19.9 Å². The van der Waals surface area contributed by atoms with Crippen LogP contribution >= 0.6 is 11.6 Å². The maximum atomic E-state index is 13.6. The fourth-order valence-electron chi connectivity index (χ4n) is 3.61. The molecule has 0 heterocycles. The molecule has 10 heteroatoms. The quantitative estimate of drug-likeness (QED) is 0.402. The Hall–Kier alpha value is -2.78. The number of benzene rings is 2. The Morgan fingerprint density at radius 1 is 1.11 bits per heavy atom. The Morgan fingerprint density at radius 3 is 2.37 bits per heavy atom. The number of carbonyl (C=O) groups is 2. The summed E-state index contributed by atoms with van der Waals surface area (Å²) in [4.78, 5) is 28.1. The lowest BCUT2D eigenvalue weighted by molar-refractivity contribution is -0.140. The highest BCUT2D eigenvalue weighted by molar-refractivity contribution is 7.92. The number of amides is 2. The van der Waals surface area contributed by atoms with Crippen molar-refractivity contribution in [3.05, 3.63) is 59.1 Å². The van der Waals surface area contributed by atoms with Gasteiger partial charge in [0.1, 0.15) is 18.3 Å². The number of carbonyl (C=O) groups excluding carboxylic acids is 2. The molecule has 0 aliphatic rings. The van der Waals surface area contributed by atoms with Crippen LogP contribution in [0.15, 0.2) is 48.5 Å². The Morgan fingerprint density at radius 2 is 1.80 bits per heavy atom. The van der Waals surface area contributed by atoms with E-state index in [1.165, 1.54) is 17.0 Å². The zero-order valence-electron chi connectivity index (χ0n) is 20.7. The van der Waals surface area contributed by atoms with E-state index in [0.717, 1.165) is 29.0 Å². The van der Waals surface area contributed by atoms with Gasteiger partial charge in [-0.2, -0.15) is 0 Å². The Bertz CT molecular complexity index is 1090. The normalized spacial score (nSPS) is 12.0. The van der Waals surface area contributed by atoms with Crippen molar-refractivity contribution in [1.82, 2.24) is 10.2 Å². The monoisotopic (exact) mass is 523 g/mol. The largest absolute Gasteiger partial charge is 0.497 e. The summed E-state index contributed by atoms with van der Waals surface area (Å²) in [7, 11) is -2.24. The van der Waals surface area contributed by atoms with E-state index >= 15 is 0 Å². The first kappa shape index (κ1) is 28.5. The van der Waals surface area contributed by atoms with E-state index in [1.54, 1.807) is 37.4 Å². The molecule has 2 aromatic rings. The van der Waals surface area contributed by atoms with Gasteiger partial charge in [-0.1, -0.05) is 44.0 Å². The van der Waals surface area contributed by atoms with Crippen molar-refractivity contribution in [2.24, 2.45) is 0 Å². The molecular weight excluding hydrogens is 490 g/mol.